The summed E-state index contributed by atoms with van der Waals surface area (Å²) < 4.78 is 36.2. The SMILES string of the molecule is Cc1cc(-c2c(C)ccc(OCC(=O)OC(C)(C)C)c2-c2cc(C)c(OC(C)(C)C)c(OC=C=O)c2C)c(C)c(OC=C=O)c1OC(C)(C)C. The molecule has 3 rings (SSSR count). The molecule has 50 heavy (non-hydrogen) atoms. The van der Waals surface area contributed by atoms with Gasteiger partial charge < -0.3 is 28.4 Å². The first-order valence-corrected chi connectivity index (χ1v) is 16.5. The molecule has 0 spiro atoms. The molecule has 3 aromatic carbocycles. The van der Waals surface area contributed by atoms with Crippen molar-refractivity contribution in [3.8, 4) is 51.0 Å². The smallest absolute Gasteiger partial charge is 0.344 e. The molecule has 0 fully saturated rings. The van der Waals surface area contributed by atoms with Crippen LogP contribution in [0.15, 0.2) is 36.8 Å². The maximum Gasteiger partial charge on any atom is 0.344 e. The second kappa shape index (κ2) is 15.3. The van der Waals surface area contributed by atoms with Crippen molar-refractivity contribution in [2.45, 2.75) is 114 Å². The minimum Gasteiger partial charge on any atom is -0.484 e. The third-order valence-corrected chi connectivity index (χ3v) is 7.29. The second-order valence-electron chi connectivity index (χ2n) is 15.2. The molecule has 0 atom stereocenters. The molecule has 0 aliphatic rings. The monoisotopic (exact) mass is 686 g/mol. The summed E-state index contributed by atoms with van der Waals surface area (Å²) >= 11 is 0. The Labute approximate surface area is 296 Å². The molecule has 0 aromatic heterocycles. The van der Waals surface area contributed by atoms with Crippen LogP contribution in [0.4, 0.5) is 0 Å². The summed E-state index contributed by atoms with van der Waals surface area (Å²) in [6.45, 7) is 26.1. The molecular formula is C41H50O9. The summed E-state index contributed by atoms with van der Waals surface area (Å²) in [6.07, 6.45) is 1.91. The molecule has 268 valence electrons. The molecule has 0 heterocycles. The minimum absolute atomic E-state index is 0.339. The Morgan fingerprint density at radius 2 is 1.06 bits per heavy atom. The number of esters is 1. The number of rotatable bonds is 11. The summed E-state index contributed by atoms with van der Waals surface area (Å²) in [5, 5.41) is 0. The van der Waals surface area contributed by atoms with E-state index in [9.17, 15) is 14.4 Å². The molecule has 0 N–H and O–H groups in total. The Morgan fingerprint density at radius 1 is 0.620 bits per heavy atom. The fourth-order valence-electron chi connectivity index (χ4n) is 5.49. The number of hydrogen-bond acceptors (Lipinski definition) is 9. The zero-order valence-corrected chi connectivity index (χ0v) is 31.8. The molecule has 0 unspecified atom stereocenters. The molecule has 0 radical (unpaired) electrons. The fraction of sp³-hybridized carbons (Fsp3) is 0.439. The lowest BCUT2D eigenvalue weighted by Gasteiger charge is -2.28. The summed E-state index contributed by atoms with van der Waals surface area (Å²) in [5.41, 5.74) is 4.81. The topological polar surface area (TPSA) is 107 Å². The van der Waals surface area contributed by atoms with Crippen molar-refractivity contribution in [2.75, 3.05) is 6.61 Å². The van der Waals surface area contributed by atoms with Gasteiger partial charge in [-0.1, -0.05) is 6.07 Å². The molecule has 3 aromatic rings. The Bertz CT molecular complexity index is 1850. The van der Waals surface area contributed by atoms with Gasteiger partial charge >= 0.3 is 5.97 Å². The van der Waals surface area contributed by atoms with E-state index in [4.69, 9.17) is 28.4 Å². The van der Waals surface area contributed by atoms with Gasteiger partial charge in [-0.15, -0.1) is 0 Å². The van der Waals surface area contributed by atoms with Crippen LogP contribution in [0.5, 0.6) is 28.7 Å². The van der Waals surface area contributed by atoms with Crippen LogP contribution in [0.1, 0.15) is 90.1 Å². The van der Waals surface area contributed by atoms with E-state index in [1.54, 1.807) is 32.7 Å². The van der Waals surface area contributed by atoms with Gasteiger partial charge in [0.2, 0.25) is 0 Å². The average molecular weight is 687 g/mol. The lowest BCUT2D eigenvalue weighted by Crippen LogP contribution is -2.27. The summed E-state index contributed by atoms with van der Waals surface area (Å²) in [5.74, 6) is 4.94. The van der Waals surface area contributed by atoms with Gasteiger partial charge in [-0.2, -0.15) is 0 Å². The Kier molecular flexibility index (Phi) is 12.1. The first-order valence-electron chi connectivity index (χ1n) is 16.5. The van der Waals surface area contributed by atoms with Crippen LogP contribution < -0.4 is 23.7 Å². The number of benzene rings is 3. The third kappa shape index (κ3) is 9.81. The third-order valence-electron chi connectivity index (χ3n) is 7.29. The zero-order valence-electron chi connectivity index (χ0n) is 31.8. The highest BCUT2D eigenvalue weighted by molar-refractivity contribution is 5.94. The standard InChI is InChI=1S/C41H50O9/c1-24-15-16-31(47-23-32(44)48-39(6,7)8)34(30-22-26(3)36(50-41(12,13)14)38(28(30)5)46-20-18-43)33(24)29-21-25(2)35(49-40(9,10)11)37(27(29)4)45-19-17-42/h15-16,19-22H,23H2,1-14H3. The van der Waals surface area contributed by atoms with Crippen LogP contribution >= 0.6 is 0 Å². The fourth-order valence-corrected chi connectivity index (χ4v) is 5.49. The second-order valence-corrected chi connectivity index (χ2v) is 15.2. The highest BCUT2D eigenvalue weighted by atomic mass is 16.6. The molecule has 9 heteroatoms. The van der Waals surface area contributed by atoms with E-state index in [-0.39, 0.29) is 6.61 Å². The van der Waals surface area contributed by atoms with Crippen molar-refractivity contribution in [3.63, 3.8) is 0 Å². The first-order chi connectivity index (χ1) is 23.1. The molecule has 0 amide bonds. The molecule has 0 saturated heterocycles. The number of aryl methyl sites for hydroxylation is 3. The van der Waals surface area contributed by atoms with E-state index in [2.05, 4.69) is 0 Å². The van der Waals surface area contributed by atoms with Crippen molar-refractivity contribution >= 4 is 17.9 Å². The zero-order chi connectivity index (χ0) is 37.8. The highest BCUT2D eigenvalue weighted by Crippen LogP contribution is 2.51. The van der Waals surface area contributed by atoms with E-state index in [0.717, 1.165) is 40.3 Å². The molecule has 0 aliphatic heterocycles. The van der Waals surface area contributed by atoms with E-state index >= 15 is 0 Å². The Balaban J connectivity index is 2.52. The van der Waals surface area contributed by atoms with Crippen LogP contribution in [0, 0.1) is 34.6 Å². The molecule has 0 saturated carbocycles. The lowest BCUT2D eigenvalue weighted by atomic mass is 9.84. The van der Waals surface area contributed by atoms with Gasteiger partial charge in [0.1, 0.15) is 22.6 Å². The van der Waals surface area contributed by atoms with Gasteiger partial charge in [-0.05, 0) is 149 Å². The largest absolute Gasteiger partial charge is 0.484 e. The van der Waals surface area contributed by atoms with Gasteiger partial charge in [0.25, 0.3) is 0 Å². The van der Waals surface area contributed by atoms with Crippen molar-refractivity contribution in [2.24, 2.45) is 0 Å². The molecule has 0 bridgehead atoms. The van der Waals surface area contributed by atoms with Crippen LogP contribution in [0.3, 0.4) is 0 Å². The number of carbonyl (C=O) groups excluding carboxylic acids is 3. The Hall–Kier alpha value is -4.97. The summed E-state index contributed by atoms with van der Waals surface area (Å²) in [4.78, 5) is 35.5. The van der Waals surface area contributed by atoms with Crippen molar-refractivity contribution < 1.29 is 42.8 Å². The highest BCUT2D eigenvalue weighted by Gasteiger charge is 2.29. The average Bonchev–Trinajstić information content (AvgIpc) is 2.97. The number of ether oxygens (including phenoxy) is 6. The van der Waals surface area contributed by atoms with Crippen LogP contribution in [0.25, 0.3) is 22.3 Å². The van der Waals surface area contributed by atoms with Gasteiger partial charge in [-0.3, -0.25) is 0 Å². The van der Waals surface area contributed by atoms with Gasteiger partial charge in [0.15, 0.2) is 54.0 Å². The number of hydrogen-bond donors (Lipinski definition) is 0. The first kappa shape index (κ1) is 39.5. The maximum atomic E-state index is 12.9. The minimum atomic E-state index is -0.700. The Morgan fingerprint density at radius 3 is 1.46 bits per heavy atom. The van der Waals surface area contributed by atoms with E-state index in [0.29, 0.717) is 51.0 Å². The van der Waals surface area contributed by atoms with Crippen molar-refractivity contribution in [3.05, 3.63) is 64.6 Å². The molecule has 0 aliphatic carbocycles. The lowest BCUT2D eigenvalue weighted by molar-refractivity contribution is -0.157. The maximum absolute atomic E-state index is 12.9. The summed E-state index contributed by atoms with van der Waals surface area (Å²) in [7, 11) is 0. The van der Waals surface area contributed by atoms with Gasteiger partial charge in [0.05, 0.1) is 0 Å². The molecular weight excluding hydrogens is 636 g/mol. The van der Waals surface area contributed by atoms with E-state index in [1.165, 1.54) is 0 Å². The predicted octanol–water partition coefficient (Wildman–Crippen LogP) is 9.09. The van der Waals surface area contributed by atoms with Crippen molar-refractivity contribution in [1.29, 1.82) is 0 Å². The summed E-state index contributed by atoms with van der Waals surface area (Å²) in [6, 6.07) is 7.70. The number of carbonyl (C=O) groups is 1. The van der Waals surface area contributed by atoms with E-state index in [1.807, 2.05) is 100 Å². The predicted molar refractivity (Wildman–Crippen MR) is 195 cm³/mol. The van der Waals surface area contributed by atoms with Crippen molar-refractivity contribution in [1.82, 2.24) is 0 Å². The van der Waals surface area contributed by atoms with Crippen LogP contribution in [-0.2, 0) is 19.1 Å². The normalized spacial score (nSPS) is 11.6. The molecule has 9 nitrogen and oxygen atoms in total. The quantitative estimate of drug-likeness (QED) is 0.111. The van der Waals surface area contributed by atoms with Crippen LogP contribution in [0.2, 0.25) is 0 Å². The van der Waals surface area contributed by atoms with Gasteiger partial charge in [0, 0.05) is 16.7 Å². The van der Waals surface area contributed by atoms with Gasteiger partial charge in [-0.25, -0.2) is 14.4 Å². The van der Waals surface area contributed by atoms with Crippen LogP contribution in [-0.4, -0.2) is 41.3 Å². The van der Waals surface area contributed by atoms with E-state index < -0.39 is 22.8 Å².